The fourth-order valence-corrected chi connectivity index (χ4v) is 3.66. The van der Waals surface area contributed by atoms with Crippen molar-refractivity contribution in [1.29, 1.82) is 0 Å². The number of nitrogens with one attached hydrogen (secondary N) is 2. The molecule has 2 N–H and O–H groups in total. The van der Waals surface area contributed by atoms with E-state index in [1.54, 1.807) is 4.68 Å². The molecule has 26 heavy (non-hydrogen) atoms. The first-order valence-electron chi connectivity index (χ1n) is 8.32. The zero-order chi connectivity index (χ0) is 18.4. The molecule has 6 nitrogen and oxygen atoms in total. The smallest absolute Gasteiger partial charge is 0.270 e. The Balaban J connectivity index is 1.82. The highest BCUT2D eigenvalue weighted by atomic mass is 19.2. The maximum Gasteiger partial charge on any atom is 0.270 e. The lowest BCUT2D eigenvalue weighted by Crippen LogP contribution is -2.28. The van der Waals surface area contributed by atoms with Gasteiger partial charge in [-0.1, -0.05) is 0 Å². The Bertz CT molecular complexity index is 908. The number of carbonyl (C=O) groups excluding carboxylic acids is 1. The molecule has 1 fully saturated rings. The maximum atomic E-state index is 13.6. The van der Waals surface area contributed by atoms with E-state index in [1.165, 1.54) is 0 Å². The van der Waals surface area contributed by atoms with Crippen LogP contribution in [0.2, 0.25) is 0 Å². The number of anilines is 1. The predicted octanol–water partition coefficient (Wildman–Crippen LogP) is 2.42. The van der Waals surface area contributed by atoms with Crippen molar-refractivity contribution >= 4 is 11.7 Å². The van der Waals surface area contributed by atoms with Crippen molar-refractivity contribution in [2.45, 2.75) is 31.2 Å². The first kappa shape index (κ1) is 16.9. The van der Waals surface area contributed by atoms with E-state index in [2.05, 4.69) is 10.4 Å². The quantitative estimate of drug-likeness (QED) is 0.801. The highest BCUT2D eigenvalue weighted by Gasteiger charge is 2.35. The van der Waals surface area contributed by atoms with E-state index in [0.717, 1.165) is 12.1 Å². The fraction of sp³-hybridized carbons (Fsp3) is 0.412. The van der Waals surface area contributed by atoms with Crippen LogP contribution in [0.5, 0.6) is 0 Å². The van der Waals surface area contributed by atoms with Crippen molar-refractivity contribution < 1.29 is 22.7 Å². The average Bonchev–Trinajstić information content (AvgIpc) is 2.96. The molecular weight excluding hydrogens is 351 g/mol. The largest absolute Gasteiger partial charge is 0.381 e. The summed E-state index contributed by atoms with van der Waals surface area (Å²) in [6.07, 6.45) is 1.17. The Kier molecular flexibility index (Phi) is 4.10. The summed E-state index contributed by atoms with van der Waals surface area (Å²) in [5.41, 5.74) is -0.170. The minimum absolute atomic E-state index is 0.0488. The molecule has 138 valence electrons. The molecule has 2 aromatic rings. The summed E-state index contributed by atoms with van der Waals surface area (Å²) >= 11 is 0. The lowest BCUT2D eigenvalue weighted by atomic mass is 9.87. The van der Waals surface area contributed by atoms with Crippen LogP contribution in [0.25, 0.3) is 0 Å². The van der Waals surface area contributed by atoms with Crippen LogP contribution in [0.4, 0.5) is 19.0 Å². The molecule has 1 aromatic heterocycles. The Morgan fingerprint density at radius 3 is 2.38 bits per heavy atom. The molecule has 0 unspecified atom stereocenters. The second-order valence-electron chi connectivity index (χ2n) is 6.52. The topological polar surface area (TPSA) is 76.1 Å². The third-order valence-corrected chi connectivity index (χ3v) is 4.92. The number of hydrogen-bond acceptors (Lipinski definition) is 3. The summed E-state index contributed by atoms with van der Waals surface area (Å²) in [6.45, 7) is 1.07. The van der Waals surface area contributed by atoms with Crippen molar-refractivity contribution in [3.8, 4) is 0 Å². The first-order chi connectivity index (χ1) is 12.5. The molecule has 4 rings (SSSR count). The van der Waals surface area contributed by atoms with Gasteiger partial charge in [-0.15, -0.1) is 0 Å². The first-order valence-corrected chi connectivity index (χ1v) is 8.32. The highest BCUT2D eigenvalue weighted by Crippen LogP contribution is 2.37. The summed E-state index contributed by atoms with van der Waals surface area (Å²) in [5.74, 6) is -5.22. The van der Waals surface area contributed by atoms with Gasteiger partial charge in [-0.25, -0.2) is 13.2 Å². The van der Waals surface area contributed by atoms with E-state index in [4.69, 9.17) is 4.74 Å². The molecular formula is C17H16F3N3O3. The van der Waals surface area contributed by atoms with Crippen LogP contribution in [0.15, 0.2) is 16.9 Å². The lowest BCUT2D eigenvalue weighted by Gasteiger charge is -2.28. The SMILES string of the molecule is O=C1C[C@@H](c2cc(F)c(F)c(F)c2)c2c(n(C3CCOCC3)[nH]c2=O)N1. The number of ether oxygens (including phenoxy) is 1. The molecule has 0 spiro atoms. The van der Waals surface area contributed by atoms with Gasteiger partial charge in [0, 0.05) is 25.6 Å². The van der Waals surface area contributed by atoms with Gasteiger partial charge < -0.3 is 10.1 Å². The Hall–Kier alpha value is -2.55. The van der Waals surface area contributed by atoms with Crippen LogP contribution in [0, 0.1) is 17.5 Å². The number of amides is 1. The summed E-state index contributed by atoms with van der Waals surface area (Å²) < 4.78 is 47.5. The van der Waals surface area contributed by atoms with Crippen LogP contribution in [-0.4, -0.2) is 28.9 Å². The van der Waals surface area contributed by atoms with Crippen molar-refractivity contribution in [2.24, 2.45) is 0 Å². The third-order valence-electron chi connectivity index (χ3n) is 4.92. The van der Waals surface area contributed by atoms with E-state index in [1.807, 2.05) is 0 Å². The van der Waals surface area contributed by atoms with Crippen molar-refractivity contribution in [1.82, 2.24) is 9.78 Å². The number of H-pyrrole nitrogens is 1. The van der Waals surface area contributed by atoms with Gasteiger partial charge in [0.25, 0.3) is 5.56 Å². The fourth-order valence-electron chi connectivity index (χ4n) is 3.66. The molecule has 0 radical (unpaired) electrons. The van der Waals surface area contributed by atoms with Gasteiger partial charge in [0.15, 0.2) is 17.5 Å². The minimum atomic E-state index is -1.58. The molecule has 0 saturated carbocycles. The molecule has 0 bridgehead atoms. The molecule has 1 aromatic carbocycles. The number of halogens is 3. The molecule has 1 atom stereocenters. The molecule has 1 saturated heterocycles. The van der Waals surface area contributed by atoms with Crippen LogP contribution in [-0.2, 0) is 9.53 Å². The summed E-state index contributed by atoms with van der Waals surface area (Å²) in [7, 11) is 0. The number of hydrogen-bond donors (Lipinski definition) is 2. The molecule has 3 heterocycles. The molecule has 0 aliphatic carbocycles. The number of rotatable bonds is 2. The Morgan fingerprint density at radius 1 is 1.08 bits per heavy atom. The van der Waals surface area contributed by atoms with E-state index < -0.39 is 28.9 Å². The van der Waals surface area contributed by atoms with Crippen molar-refractivity contribution in [2.75, 3.05) is 18.5 Å². The van der Waals surface area contributed by atoms with Gasteiger partial charge in [0.05, 0.1) is 11.6 Å². The zero-order valence-electron chi connectivity index (χ0n) is 13.7. The lowest BCUT2D eigenvalue weighted by molar-refractivity contribution is -0.116. The molecule has 1 amide bonds. The molecule has 9 heteroatoms. The number of nitrogens with zero attached hydrogens (tertiary/aromatic N) is 1. The second-order valence-corrected chi connectivity index (χ2v) is 6.52. The van der Waals surface area contributed by atoms with E-state index in [9.17, 15) is 22.8 Å². The van der Waals surface area contributed by atoms with Gasteiger partial charge >= 0.3 is 0 Å². The van der Waals surface area contributed by atoms with Crippen molar-refractivity contribution in [3.05, 3.63) is 51.1 Å². The number of carbonyl (C=O) groups is 1. The van der Waals surface area contributed by atoms with Gasteiger partial charge in [-0.2, -0.15) is 0 Å². The number of fused-ring (bicyclic) bond motifs is 1. The van der Waals surface area contributed by atoms with Gasteiger partial charge in [-0.3, -0.25) is 19.4 Å². The van der Waals surface area contributed by atoms with Gasteiger partial charge in [-0.05, 0) is 30.5 Å². The number of benzene rings is 1. The summed E-state index contributed by atoms with van der Waals surface area (Å²) in [6, 6.07) is 1.61. The molecule has 2 aliphatic rings. The normalized spacial score (nSPS) is 20.7. The minimum Gasteiger partial charge on any atom is -0.381 e. The van der Waals surface area contributed by atoms with Crippen LogP contribution >= 0.6 is 0 Å². The highest BCUT2D eigenvalue weighted by molar-refractivity contribution is 5.94. The van der Waals surface area contributed by atoms with Crippen molar-refractivity contribution in [3.63, 3.8) is 0 Å². The number of aromatic amines is 1. The van der Waals surface area contributed by atoms with Gasteiger partial charge in [0.2, 0.25) is 5.91 Å². The van der Waals surface area contributed by atoms with Crippen LogP contribution in [0.1, 0.15) is 42.3 Å². The molecule has 2 aliphatic heterocycles. The van der Waals surface area contributed by atoms with E-state index in [-0.39, 0.29) is 29.5 Å². The Morgan fingerprint density at radius 2 is 1.73 bits per heavy atom. The maximum absolute atomic E-state index is 13.6. The van der Waals surface area contributed by atoms with E-state index >= 15 is 0 Å². The van der Waals surface area contributed by atoms with Crippen LogP contribution < -0.4 is 10.9 Å². The summed E-state index contributed by atoms with van der Waals surface area (Å²) in [4.78, 5) is 24.7. The average molecular weight is 367 g/mol. The monoisotopic (exact) mass is 367 g/mol. The second kappa shape index (κ2) is 6.31. The van der Waals surface area contributed by atoms with E-state index in [0.29, 0.717) is 31.9 Å². The van der Waals surface area contributed by atoms with Gasteiger partial charge in [0.1, 0.15) is 5.82 Å². The van der Waals surface area contributed by atoms with Crippen LogP contribution in [0.3, 0.4) is 0 Å². The third kappa shape index (κ3) is 2.72. The predicted molar refractivity (Wildman–Crippen MR) is 85.5 cm³/mol. The zero-order valence-corrected chi connectivity index (χ0v) is 13.7. The Labute approximate surface area is 145 Å². The standard InChI is InChI=1S/C17H16F3N3O3/c18-11-5-8(6-12(19)15(11)20)10-7-13(24)21-16-14(10)17(25)22-23(16)9-1-3-26-4-2-9/h5-6,9-10H,1-4,7H2,(H,21,24)(H,22,25)/t10-/m0/s1. The number of aromatic nitrogens is 2. The summed E-state index contributed by atoms with van der Waals surface area (Å²) in [5, 5.41) is 5.39.